The molecule has 3 heterocycles. The number of fused-ring (bicyclic) bond motifs is 1. The van der Waals surface area contributed by atoms with E-state index in [4.69, 9.17) is 15.2 Å². The number of hydrogen-bond donors (Lipinski definition) is 4. The van der Waals surface area contributed by atoms with Crippen molar-refractivity contribution in [3.8, 4) is 6.01 Å². The molecule has 2 aromatic heterocycles. The van der Waals surface area contributed by atoms with Crippen molar-refractivity contribution in [2.45, 2.75) is 31.0 Å². The second kappa shape index (κ2) is 5.02. The summed E-state index contributed by atoms with van der Waals surface area (Å²) >= 11 is 0. The number of anilines is 1. The zero-order chi connectivity index (χ0) is 16.1. The summed E-state index contributed by atoms with van der Waals surface area (Å²) in [7, 11) is 1.39. The molecule has 3 unspecified atom stereocenters. The zero-order valence-corrected chi connectivity index (χ0v) is 12.0. The molecule has 4 atom stereocenters. The number of methoxy groups -OCH3 is 1. The van der Waals surface area contributed by atoms with Gasteiger partial charge in [-0.1, -0.05) is 0 Å². The van der Waals surface area contributed by atoms with Crippen molar-refractivity contribution in [1.29, 1.82) is 0 Å². The van der Waals surface area contributed by atoms with Crippen LogP contribution >= 0.6 is 0 Å². The van der Waals surface area contributed by atoms with Gasteiger partial charge >= 0.3 is 6.01 Å². The Labute approximate surface area is 125 Å². The number of hydrogen-bond acceptors (Lipinski definition) is 9. The highest BCUT2D eigenvalue weighted by molar-refractivity contribution is 5.82. The van der Waals surface area contributed by atoms with Crippen LogP contribution in [-0.4, -0.2) is 66.4 Å². The van der Waals surface area contributed by atoms with E-state index in [-0.39, 0.29) is 11.8 Å². The molecule has 1 fully saturated rings. The number of nitrogens with two attached hydrogens (primary N) is 1. The van der Waals surface area contributed by atoms with Crippen molar-refractivity contribution in [3.05, 3.63) is 6.33 Å². The monoisotopic (exact) mass is 311 g/mol. The van der Waals surface area contributed by atoms with Gasteiger partial charge in [0.1, 0.15) is 24.1 Å². The van der Waals surface area contributed by atoms with Crippen molar-refractivity contribution >= 4 is 17.0 Å². The molecule has 10 heteroatoms. The quantitative estimate of drug-likeness (QED) is 0.526. The number of nitrogen functional groups attached to an aromatic ring is 1. The molecule has 0 aliphatic carbocycles. The number of nitrogens with zero attached hydrogens (tertiary/aromatic N) is 4. The molecule has 2 aromatic rings. The summed E-state index contributed by atoms with van der Waals surface area (Å²) in [6, 6.07) is 0.0956. The minimum Gasteiger partial charge on any atom is -0.468 e. The SMILES string of the molecule is COc1nc2c(N)ncnc2n1C1OC(CO)C(O)[C@@]1(C)O. The van der Waals surface area contributed by atoms with Crippen LogP contribution in [0.5, 0.6) is 6.01 Å². The molecular formula is C12H17N5O5. The lowest BCUT2D eigenvalue weighted by Crippen LogP contribution is -2.44. The molecular weight excluding hydrogens is 294 g/mol. The molecule has 0 saturated carbocycles. The van der Waals surface area contributed by atoms with E-state index in [0.717, 1.165) is 0 Å². The summed E-state index contributed by atoms with van der Waals surface area (Å²) in [5.41, 5.74) is 4.66. The van der Waals surface area contributed by atoms with Gasteiger partial charge in [-0.15, -0.1) is 0 Å². The van der Waals surface area contributed by atoms with Gasteiger partial charge in [0.25, 0.3) is 0 Å². The van der Waals surface area contributed by atoms with Gasteiger partial charge in [-0.3, -0.25) is 0 Å². The van der Waals surface area contributed by atoms with Crippen molar-refractivity contribution in [2.24, 2.45) is 0 Å². The first kappa shape index (κ1) is 14.9. The predicted octanol–water partition coefficient (Wildman–Crippen LogP) is -1.58. The standard InChI is InChI=1S/C12H17N5O5/c1-12(20)7(19)5(3-18)22-10(12)17-9-6(16-11(17)21-2)8(13)14-4-15-9/h4-5,7,10,18-20H,3H2,1-2H3,(H2,13,14,15)/t5?,7?,10?,12-/m1/s1. The second-order valence-electron chi connectivity index (χ2n) is 5.28. The predicted molar refractivity (Wildman–Crippen MR) is 73.9 cm³/mol. The Morgan fingerprint density at radius 1 is 1.50 bits per heavy atom. The Morgan fingerprint density at radius 3 is 2.82 bits per heavy atom. The highest BCUT2D eigenvalue weighted by atomic mass is 16.6. The third kappa shape index (κ3) is 1.92. The largest absolute Gasteiger partial charge is 0.468 e. The van der Waals surface area contributed by atoms with Crippen molar-refractivity contribution in [1.82, 2.24) is 19.5 Å². The lowest BCUT2D eigenvalue weighted by atomic mass is 9.96. The molecule has 0 amide bonds. The molecule has 1 saturated heterocycles. The van der Waals surface area contributed by atoms with E-state index in [1.807, 2.05) is 0 Å². The van der Waals surface area contributed by atoms with Crippen LogP contribution in [0.1, 0.15) is 13.2 Å². The Hall–Kier alpha value is -2.01. The molecule has 0 spiro atoms. The second-order valence-corrected chi connectivity index (χ2v) is 5.28. The molecule has 3 rings (SSSR count). The van der Waals surface area contributed by atoms with E-state index in [2.05, 4.69) is 15.0 Å². The fourth-order valence-corrected chi connectivity index (χ4v) is 2.63. The minimum absolute atomic E-state index is 0.0956. The van der Waals surface area contributed by atoms with Crippen LogP contribution in [0.2, 0.25) is 0 Å². The van der Waals surface area contributed by atoms with Crippen LogP contribution < -0.4 is 10.5 Å². The molecule has 0 aromatic carbocycles. The highest BCUT2D eigenvalue weighted by Crippen LogP contribution is 2.41. The fourth-order valence-electron chi connectivity index (χ4n) is 2.63. The fraction of sp³-hybridized carbons (Fsp3) is 0.583. The van der Waals surface area contributed by atoms with Gasteiger partial charge in [0.05, 0.1) is 13.7 Å². The number of aromatic nitrogens is 4. The van der Waals surface area contributed by atoms with Crippen LogP contribution in [0, 0.1) is 0 Å². The Morgan fingerprint density at radius 2 is 2.23 bits per heavy atom. The van der Waals surface area contributed by atoms with Crippen LogP contribution in [0.3, 0.4) is 0 Å². The third-order valence-electron chi connectivity index (χ3n) is 3.82. The van der Waals surface area contributed by atoms with Crippen LogP contribution in [0.4, 0.5) is 5.82 Å². The van der Waals surface area contributed by atoms with Crippen molar-refractivity contribution < 1.29 is 24.8 Å². The molecule has 10 nitrogen and oxygen atoms in total. The molecule has 22 heavy (non-hydrogen) atoms. The molecule has 5 N–H and O–H groups in total. The normalized spacial score (nSPS) is 31.8. The molecule has 1 aliphatic heterocycles. The maximum absolute atomic E-state index is 10.6. The van der Waals surface area contributed by atoms with Gasteiger partial charge in [-0.2, -0.15) is 4.98 Å². The maximum Gasteiger partial charge on any atom is 0.300 e. The van der Waals surface area contributed by atoms with Gasteiger partial charge in [0.15, 0.2) is 23.2 Å². The van der Waals surface area contributed by atoms with Gasteiger partial charge in [0.2, 0.25) is 0 Å². The average molecular weight is 311 g/mol. The van der Waals surface area contributed by atoms with E-state index in [9.17, 15) is 15.3 Å². The molecule has 1 aliphatic rings. The summed E-state index contributed by atoms with van der Waals surface area (Å²) < 4.78 is 12.1. The lowest BCUT2D eigenvalue weighted by Gasteiger charge is -2.27. The molecule has 0 bridgehead atoms. The summed E-state index contributed by atoms with van der Waals surface area (Å²) in [6.45, 7) is 0.952. The first-order valence-electron chi connectivity index (χ1n) is 6.61. The lowest BCUT2D eigenvalue weighted by molar-refractivity contribution is -0.0972. The van der Waals surface area contributed by atoms with E-state index >= 15 is 0 Å². The first-order valence-corrected chi connectivity index (χ1v) is 6.61. The number of ether oxygens (including phenoxy) is 2. The molecule has 120 valence electrons. The van der Waals surface area contributed by atoms with Gasteiger partial charge in [-0.25, -0.2) is 14.5 Å². The summed E-state index contributed by atoms with van der Waals surface area (Å²) in [5.74, 6) is 0.152. The summed E-state index contributed by atoms with van der Waals surface area (Å²) in [5, 5.41) is 30.0. The van der Waals surface area contributed by atoms with E-state index < -0.39 is 30.6 Å². The topological polar surface area (TPSA) is 149 Å². The van der Waals surface area contributed by atoms with Crippen LogP contribution in [-0.2, 0) is 4.74 Å². The Balaban J connectivity index is 2.19. The van der Waals surface area contributed by atoms with E-state index in [1.54, 1.807) is 0 Å². The van der Waals surface area contributed by atoms with E-state index in [0.29, 0.717) is 11.2 Å². The molecule has 0 radical (unpaired) electrons. The summed E-state index contributed by atoms with van der Waals surface area (Å²) in [6.07, 6.45) is -2.04. The minimum atomic E-state index is -1.69. The van der Waals surface area contributed by atoms with Gasteiger partial charge in [-0.05, 0) is 6.92 Å². The van der Waals surface area contributed by atoms with Gasteiger partial charge in [0, 0.05) is 0 Å². The highest BCUT2D eigenvalue weighted by Gasteiger charge is 2.54. The Bertz CT molecular complexity index is 703. The average Bonchev–Trinajstić information content (AvgIpc) is 2.96. The smallest absolute Gasteiger partial charge is 0.300 e. The number of imidazole rings is 1. The van der Waals surface area contributed by atoms with Crippen molar-refractivity contribution in [3.63, 3.8) is 0 Å². The third-order valence-corrected chi connectivity index (χ3v) is 3.82. The van der Waals surface area contributed by atoms with Crippen LogP contribution in [0.25, 0.3) is 11.2 Å². The number of aliphatic hydroxyl groups excluding tert-OH is 2. The number of rotatable bonds is 3. The first-order chi connectivity index (χ1) is 10.4. The van der Waals surface area contributed by atoms with Crippen molar-refractivity contribution in [2.75, 3.05) is 19.5 Å². The Kier molecular flexibility index (Phi) is 3.40. The van der Waals surface area contributed by atoms with Crippen LogP contribution in [0.15, 0.2) is 6.33 Å². The maximum atomic E-state index is 10.6. The van der Waals surface area contributed by atoms with Gasteiger partial charge < -0.3 is 30.5 Å². The zero-order valence-electron chi connectivity index (χ0n) is 12.0. The summed E-state index contributed by atoms with van der Waals surface area (Å²) in [4.78, 5) is 12.1. The number of aliphatic hydroxyl groups is 3. The van der Waals surface area contributed by atoms with E-state index in [1.165, 1.54) is 24.9 Å².